The van der Waals surface area contributed by atoms with Crippen LogP contribution in [0.15, 0.2) is 36.4 Å². The van der Waals surface area contributed by atoms with E-state index in [1.807, 2.05) is 24.3 Å². The predicted octanol–water partition coefficient (Wildman–Crippen LogP) is 9.13. The summed E-state index contributed by atoms with van der Waals surface area (Å²) in [6.45, 7) is 20.3. The topological polar surface area (TPSA) is 116 Å². The second-order valence-electron chi connectivity index (χ2n) is 19.7. The molecule has 0 saturated heterocycles. The van der Waals surface area contributed by atoms with Gasteiger partial charge in [-0.2, -0.15) is 0 Å². The molecule has 0 aliphatic heterocycles. The first-order chi connectivity index (χ1) is 25.0. The van der Waals surface area contributed by atoms with Crippen molar-refractivity contribution >= 4 is 17.8 Å². The number of aliphatic carboxylic acids is 1. The first-order valence-corrected chi connectivity index (χ1v) is 21.2. The highest BCUT2D eigenvalue weighted by molar-refractivity contribution is 5.95. The number of hydrogen-bond acceptors (Lipinski definition) is 4. The minimum absolute atomic E-state index is 0.0573. The van der Waals surface area contributed by atoms with Gasteiger partial charge in [0.2, 0.25) is 5.91 Å². The molecule has 0 bridgehead atoms. The Morgan fingerprint density at radius 3 is 2.26 bits per heavy atom. The Morgan fingerprint density at radius 2 is 1.53 bits per heavy atom. The van der Waals surface area contributed by atoms with Crippen molar-refractivity contribution in [1.82, 2.24) is 10.6 Å². The summed E-state index contributed by atoms with van der Waals surface area (Å²) in [5.74, 6) is 1.67. The van der Waals surface area contributed by atoms with Crippen LogP contribution >= 0.6 is 0 Å². The summed E-state index contributed by atoms with van der Waals surface area (Å²) in [5, 5.41) is 26.4. The monoisotopic (exact) mass is 731 g/mol. The Balaban J connectivity index is 1.14. The number of aliphatic hydroxyl groups excluding tert-OH is 1. The summed E-state index contributed by atoms with van der Waals surface area (Å²) >= 11 is 0. The maximum absolute atomic E-state index is 14.7. The molecule has 1 aromatic rings. The summed E-state index contributed by atoms with van der Waals surface area (Å²) in [6.07, 6.45) is 14.6. The van der Waals surface area contributed by atoms with Gasteiger partial charge in [-0.15, -0.1) is 0 Å². The Kier molecular flexibility index (Phi) is 11.4. The van der Waals surface area contributed by atoms with Crippen molar-refractivity contribution in [3.05, 3.63) is 47.5 Å². The largest absolute Gasteiger partial charge is 0.481 e. The molecule has 1 aromatic carbocycles. The molecule has 5 aliphatic rings. The van der Waals surface area contributed by atoms with Crippen LogP contribution in [0.1, 0.15) is 154 Å². The van der Waals surface area contributed by atoms with Gasteiger partial charge in [0.05, 0.1) is 11.5 Å². The van der Waals surface area contributed by atoms with E-state index in [0.29, 0.717) is 61.1 Å². The zero-order valence-corrected chi connectivity index (χ0v) is 33.8. The maximum atomic E-state index is 14.7. The number of hydrogen-bond donors (Lipinski definition) is 4. The van der Waals surface area contributed by atoms with E-state index in [-0.39, 0.29) is 51.4 Å². The molecule has 7 heteroatoms. The van der Waals surface area contributed by atoms with Gasteiger partial charge in [0.15, 0.2) is 0 Å². The van der Waals surface area contributed by atoms with Crippen LogP contribution in [0.5, 0.6) is 0 Å². The van der Waals surface area contributed by atoms with Gasteiger partial charge in [-0.3, -0.25) is 14.4 Å². The van der Waals surface area contributed by atoms with Gasteiger partial charge < -0.3 is 20.8 Å². The Labute approximate surface area is 319 Å². The van der Waals surface area contributed by atoms with Crippen molar-refractivity contribution < 1.29 is 24.6 Å². The molecule has 0 spiro atoms. The molecule has 2 amide bonds. The molecule has 0 heterocycles. The fourth-order valence-corrected chi connectivity index (χ4v) is 14.0. The highest BCUT2D eigenvalue weighted by atomic mass is 16.4. The molecule has 3 unspecified atom stereocenters. The molecule has 53 heavy (non-hydrogen) atoms. The molecule has 4 N–H and O–H groups in total. The quantitative estimate of drug-likeness (QED) is 0.119. The maximum Gasteiger partial charge on any atom is 0.303 e. The number of carbonyl (C=O) groups excluding carboxylic acids is 2. The normalized spacial score (nSPS) is 38.4. The lowest BCUT2D eigenvalue weighted by Gasteiger charge is -2.72. The highest BCUT2D eigenvalue weighted by Gasteiger charge is 2.71. The lowest BCUT2D eigenvalue weighted by molar-refractivity contribution is -0.246. The molecule has 0 aromatic heterocycles. The highest BCUT2D eigenvalue weighted by Crippen LogP contribution is 2.77. The van der Waals surface area contributed by atoms with Crippen LogP contribution < -0.4 is 10.6 Å². The summed E-state index contributed by atoms with van der Waals surface area (Å²) in [6, 6.07) is 7.71. The second-order valence-corrected chi connectivity index (χ2v) is 19.7. The van der Waals surface area contributed by atoms with E-state index in [2.05, 4.69) is 58.8 Å². The Bertz CT molecular complexity index is 1550. The molecular weight excluding hydrogens is 661 g/mol. The van der Waals surface area contributed by atoms with Gasteiger partial charge in [-0.1, -0.05) is 77.8 Å². The molecule has 294 valence electrons. The van der Waals surface area contributed by atoms with Crippen LogP contribution in [0, 0.1) is 56.7 Å². The number of benzene rings is 1. The average molecular weight is 731 g/mol. The number of nitrogens with one attached hydrogen (secondary N) is 2. The van der Waals surface area contributed by atoms with E-state index in [1.165, 1.54) is 31.3 Å². The lowest BCUT2D eigenvalue weighted by atomic mass is 9.32. The van der Waals surface area contributed by atoms with Gasteiger partial charge in [0, 0.05) is 25.1 Å². The van der Waals surface area contributed by atoms with Crippen LogP contribution in [-0.2, 0) is 16.0 Å². The van der Waals surface area contributed by atoms with Crippen molar-refractivity contribution in [3.63, 3.8) is 0 Å². The van der Waals surface area contributed by atoms with E-state index < -0.39 is 5.97 Å². The molecule has 7 nitrogen and oxygen atoms in total. The van der Waals surface area contributed by atoms with Gasteiger partial charge in [-0.25, -0.2) is 0 Å². The van der Waals surface area contributed by atoms with Crippen molar-refractivity contribution in [2.75, 3.05) is 13.1 Å². The number of allylic oxidation sites excluding steroid dienone is 1. The number of rotatable bonds is 13. The number of carboxylic acids is 1. The summed E-state index contributed by atoms with van der Waals surface area (Å²) in [7, 11) is 0. The molecule has 5 fully saturated rings. The van der Waals surface area contributed by atoms with Gasteiger partial charge in [0.25, 0.3) is 5.91 Å². The smallest absolute Gasteiger partial charge is 0.303 e. The van der Waals surface area contributed by atoms with Crippen LogP contribution in [0.3, 0.4) is 0 Å². The third kappa shape index (κ3) is 6.82. The number of carbonyl (C=O) groups is 3. The first-order valence-electron chi connectivity index (χ1n) is 21.2. The van der Waals surface area contributed by atoms with Crippen LogP contribution in [0.2, 0.25) is 0 Å². The van der Waals surface area contributed by atoms with Crippen molar-refractivity contribution in [1.29, 1.82) is 0 Å². The first kappa shape index (κ1) is 40.0. The van der Waals surface area contributed by atoms with Crippen molar-refractivity contribution in [3.8, 4) is 0 Å². The van der Waals surface area contributed by atoms with Gasteiger partial charge in [-0.05, 0) is 153 Å². The van der Waals surface area contributed by atoms with Crippen LogP contribution in [0.4, 0.5) is 0 Å². The molecule has 10 atom stereocenters. The van der Waals surface area contributed by atoms with Crippen LogP contribution in [0.25, 0.3) is 0 Å². The predicted molar refractivity (Wildman–Crippen MR) is 211 cm³/mol. The Morgan fingerprint density at radius 1 is 0.792 bits per heavy atom. The summed E-state index contributed by atoms with van der Waals surface area (Å²) in [5.41, 5.74) is 2.99. The number of amides is 2. The number of fused-ring (bicyclic) bond motifs is 7. The van der Waals surface area contributed by atoms with E-state index in [1.54, 1.807) is 0 Å². The molecular formula is C46H70N2O5. The summed E-state index contributed by atoms with van der Waals surface area (Å²) in [4.78, 5) is 38.6. The zero-order valence-electron chi connectivity index (χ0n) is 33.8. The molecule has 0 radical (unpaired) electrons. The molecule has 5 saturated carbocycles. The van der Waals surface area contributed by atoms with E-state index in [4.69, 9.17) is 5.11 Å². The van der Waals surface area contributed by atoms with E-state index in [9.17, 15) is 19.5 Å². The van der Waals surface area contributed by atoms with E-state index in [0.717, 1.165) is 63.4 Å². The minimum Gasteiger partial charge on any atom is -0.481 e. The fourth-order valence-electron chi connectivity index (χ4n) is 14.0. The number of aliphatic hydroxyl groups is 1. The van der Waals surface area contributed by atoms with Gasteiger partial charge >= 0.3 is 5.97 Å². The third-order valence-electron chi connectivity index (χ3n) is 17.0. The second kappa shape index (κ2) is 15.1. The Hall–Kier alpha value is -2.67. The minimum atomic E-state index is -0.762. The zero-order chi connectivity index (χ0) is 38.4. The summed E-state index contributed by atoms with van der Waals surface area (Å²) < 4.78 is 0. The number of unbranched alkanes of at least 4 members (excludes halogenated alkanes) is 3. The molecule has 6 rings (SSSR count). The fraction of sp³-hybridized carbons (Fsp3) is 0.761. The SMILES string of the molecule is C=C(C)[C@@H]1CC[C@]2(C(=O)NCCc3ccccc3C(=O)NCCCCCCC(=O)O)CC[C@]3(C)[C@H](CCC4[C@@]5(C)CC[C@H](O)C(C)(C)C5CC[C@]43C)C12. The van der Waals surface area contributed by atoms with E-state index >= 15 is 0 Å². The van der Waals surface area contributed by atoms with Gasteiger partial charge in [0.1, 0.15) is 0 Å². The van der Waals surface area contributed by atoms with Crippen LogP contribution in [-0.4, -0.2) is 47.2 Å². The third-order valence-corrected chi connectivity index (χ3v) is 17.0. The van der Waals surface area contributed by atoms with Crippen molar-refractivity contribution in [2.24, 2.45) is 56.7 Å². The average Bonchev–Trinajstić information content (AvgIpc) is 3.51. The standard InChI is InChI=1S/C46H70N2O5/c1-30(2)32-19-25-46(41(53)48-29-22-31-14-11-12-15-33(31)40(52)47-28-13-9-8-10-16-38(50)51)27-26-44(6)34(39(32)46)17-18-36-43(5)23-21-37(49)42(3,4)35(43)20-24-45(36,44)7/h11-12,14-15,32,34-37,39,49H,1,8-10,13,16-29H2,2-7H3,(H,47,52)(H,48,53)(H,50,51)/t32-,34+,35?,36?,37-,39?,43-,44+,45+,46-/m0/s1. The number of carboxylic acid groups (broad SMARTS) is 1. The lowest BCUT2D eigenvalue weighted by Crippen LogP contribution is -2.67. The van der Waals surface area contributed by atoms with Crippen molar-refractivity contribution in [2.45, 2.75) is 150 Å². The molecule has 5 aliphatic carbocycles.